The summed E-state index contributed by atoms with van der Waals surface area (Å²) < 4.78 is 5.21. The molecule has 0 spiro atoms. The standard InChI is InChI=1S/C58H51N3/c1-56(2,3)35-24-25-47-41(29-35)43-30-36(57(4,5)6)32-45-50-48(60(47)52(43)45)26-27-49-51(50)46-33-37(58(7,8)9)31-44-42-28-34-18-16-17-23-40(34)54(55(42)61(49)53(44)46)59(38-19-12-10-13-20-38)39-21-14-11-15-22-39/h10-33H,1-9H3. The first-order valence-corrected chi connectivity index (χ1v) is 21.9. The number of benzene rings is 8. The molecule has 8 aromatic carbocycles. The Balaban J connectivity index is 1.34. The Labute approximate surface area is 357 Å². The lowest BCUT2D eigenvalue weighted by atomic mass is 9.84. The van der Waals surface area contributed by atoms with Crippen LogP contribution in [0.15, 0.2) is 146 Å². The van der Waals surface area contributed by atoms with Crippen molar-refractivity contribution in [3.05, 3.63) is 162 Å². The molecular formula is C58H51N3. The molecule has 0 atom stereocenters. The van der Waals surface area contributed by atoms with E-state index in [1.54, 1.807) is 0 Å². The Kier molecular flexibility index (Phi) is 7.16. The molecule has 3 heteroatoms. The van der Waals surface area contributed by atoms with E-state index in [0.717, 1.165) is 11.4 Å². The third-order valence-electron chi connectivity index (χ3n) is 13.7. The van der Waals surface area contributed by atoms with Crippen molar-refractivity contribution in [2.75, 3.05) is 4.90 Å². The molecule has 0 radical (unpaired) electrons. The second kappa shape index (κ2) is 12.0. The maximum absolute atomic E-state index is 2.63. The number of hydrogen-bond acceptors (Lipinski definition) is 1. The average molecular weight is 790 g/mol. The van der Waals surface area contributed by atoms with Crippen molar-refractivity contribution in [1.82, 2.24) is 8.80 Å². The quantitative estimate of drug-likeness (QED) is 0.174. The van der Waals surface area contributed by atoms with Gasteiger partial charge >= 0.3 is 0 Å². The molecule has 0 saturated carbocycles. The van der Waals surface area contributed by atoms with Crippen LogP contribution < -0.4 is 4.90 Å². The van der Waals surface area contributed by atoms with Gasteiger partial charge in [0.15, 0.2) is 0 Å². The zero-order chi connectivity index (χ0) is 41.9. The Morgan fingerprint density at radius 1 is 0.344 bits per heavy atom. The molecule has 12 aromatic rings. The van der Waals surface area contributed by atoms with Crippen molar-refractivity contribution in [1.29, 1.82) is 0 Å². The third-order valence-corrected chi connectivity index (χ3v) is 13.7. The maximum Gasteiger partial charge on any atom is 0.0789 e. The molecule has 0 saturated heterocycles. The van der Waals surface area contributed by atoms with Crippen LogP contribution in [0.5, 0.6) is 0 Å². The van der Waals surface area contributed by atoms with Crippen LogP contribution in [-0.2, 0) is 16.2 Å². The molecule has 3 nitrogen and oxygen atoms in total. The van der Waals surface area contributed by atoms with Crippen LogP contribution in [0.1, 0.15) is 79.0 Å². The fraction of sp³-hybridized carbons (Fsp3) is 0.207. The summed E-state index contributed by atoms with van der Waals surface area (Å²) in [4.78, 5) is 2.49. The zero-order valence-corrected chi connectivity index (χ0v) is 36.7. The molecule has 0 bridgehead atoms. The first-order chi connectivity index (χ1) is 29.2. The molecule has 0 aliphatic carbocycles. The highest BCUT2D eigenvalue weighted by Crippen LogP contribution is 2.52. The van der Waals surface area contributed by atoms with E-state index in [-0.39, 0.29) is 16.2 Å². The summed E-state index contributed by atoms with van der Waals surface area (Å²) in [5.41, 5.74) is 15.2. The highest BCUT2D eigenvalue weighted by molar-refractivity contribution is 6.37. The molecule has 4 aromatic heterocycles. The van der Waals surface area contributed by atoms with Gasteiger partial charge in [0.05, 0.1) is 38.8 Å². The van der Waals surface area contributed by atoms with Gasteiger partial charge in [-0.1, -0.05) is 129 Å². The predicted octanol–water partition coefficient (Wildman–Crippen LogP) is 16.5. The van der Waals surface area contributed by atoms with Crippen molar-refractivity contribution in [2.45, 2.75) is 78.6 Å². The minimum Gasteiger partial charge on any atom is -0.308 e. The monoisotopic (exact) mass is 789 g/mol. The zero-order valence-electron chi connectivity index (χ0n) is 36.7. The third kappa shape index (κ3) is 4.98. The van der Waals surface area contributed by atoms with Gasteiger partial charge in [0.2, 0.25) is 0 Å². The summed E-state index contributed by atoms with van der Waals surface area (Å²) in [5, 5.41) is 13.1. The molecule has 298 valence electrons. The van der Waals surface area contributed by atoms with Crippen LogP contribution in [0.25, 0.3) is 87.0 Å². The van der Waals surface area contributed by atoms with E-state index in [9.17, 15) is 0 Å². The summed E-state index contributed by atoms with van der Waals surface area (Å²) in [7, 11) is 0. The first kappa shape index (κ1) is 36.3. The molecule has 0 aliphatic rings. The topological polar surface area (TPSA) is 12.1 Å². The Morgan fingerprint density at radius 2 is 0.787 bits per heavy atom. The van der Waals surface area contributed by atoms with Gasteiger partial charge in [-0.05, 0) is 117 Å². The van der Waals surface area contributed by atoms with Crippen LogP contribution in [0.3, 0.4) is 0 Å². The largest absolute Gasteiger partial charge is 0.308 e. The van der Waals surface area contributed by atoms with Crippen molar-refractivity contribution in [3.63, 3.8) is 0 Å². The summed E-state index contributed by atoms with van der Waals surface area (Å²) in [5.74, 6) is 0. The van der Waals surface area contributed by atoms with E-state index < -0.39 is 0 Å². The normalized spacial score (nSPS) is 13.3. The second-order valence-electron chi connectivity index (χ2n) is 20.7. The van der Waals surface area contributed by atoms with Crippen molar-refractivity contribution >= 4 is 104 Å². The van der Waals surface area contributed by atoms with Crippen LogP contribution in [0, 0.1) is 0 Å². The lowest BCUT2D eigenvalue weighted by Gasteiger charge is -2.28. The van der Waals surface area contributed by atoms with Gasteiger partial charge < -0.3 is 13.7 Å². The number of nitrogens with zero attached hydrogens (tertiary/aromatic N) is 3. The highest BCUT2D eigenvalue weighted by Gasteiger charge is 2.31. The first-order valence-electron chi connectivity index (χ1n) is 21.9. The SMILES string of the molecule is CC(C)(C)c1ccc2c(c1)c1cc(C(C)(C)C)cc3c4c5c6cc(C(C)(C)C)cc7c8cc9ccccc9c(N(c9ccccc9)c9ccccc9)c8n(c5ccc4n2c13)c76. The summed E-state index contributed by atoms with van der Waals surface area (Å²) in [6.07, 6.45) is 0. The van der Waals surface area contributed by atoms with Crippen molar-refractivity contribution in [2.24, 2.45) is 0 Å². The van der Waals surface area contributed by atoms with E-state index in [0.29, 0.717) is 0 Å². The summed E-state index contributed by atoms with van der Waals surface area (Å²) in [6, 6.07) is 55.3. The maximum atomic E-state index is 2.63. The number of para-hydroxylation sites is 2. The van der Waals surface area contributed by atoms with Gasteiger partial charge in [-0.15, -0.1) is 0 Å². The van der Waals surface area contributed by atoms with Gasteiger partial charge in [-0.25, -0.2) is 0 Å². The minimum atomic E-state index is -0.0642. The Morgan fingerprint density at radius 3 is 1.36 bits per heavy atom. The molecular weight excluding hydrogens is 739 g/mol. The van der Waals surface area contributed by atoms with Crippen LogP contribution in [0.2, 0.25) is 0 Å². The second-order valence-corrected chi connectivity index (χ2v) is 20.7. The van der Waals surface area contributed by atoms with Gasteiger partial charge in [0.1, 0.15) is 0 Å². The van der Waals surface area contributed by atoms with Gasteiger partial charge in [0, 0.05) is 59.9 Å². The van der Waals surface area contributed by atoms with Gasteiger partial charge in [-0.2, -0.15) is 0 Å². The fourth-order valence-electron chi connectivity index (χ4n) is 10.6. The number of anilines is 3. The fourth-order valence-corrected chi connectivity index (χ4v) is 10.6. The molecule has 0 fully saturated rings. The molecule has 61 heavy (non-hydrogen) atoms. The van der Waals surface area contributed by atoms with E-state index in [4.69, 9.17) is 0 Å². The van der Waals surface area contributed by atoms with Gasteiger partial charge in [-0.3, -0.25) is 0 Å². The minimum absolute atomic E-state index is 0.0311. The van der Waals surface area contributed by atoms with E-state index >= 15 is 0 Å². The summed E-state index contributed by atoms with van der Waals surface area (Å²) >= 11 is 0. The van der Waals surface area contributed by atoms with Crippen molar-refractivity contribution < 1.29 is 0 Å². The van der Waals surface area contributed by atoms with Crippen LogP contribution in [0.4, 0.5) is 17.1 Å². The average Bonchev–Trinajstić information content (AvgIpc) is 3.96. The molecule has 0 N–H and O–H groups in total. The van der Waals surface area contributed by atoms with Crippen LogP contribution >= 0.6 is 0 Å². The smallest absolute Gasteiger partial charge is 0.0789 e. The number of fused-ring (bicyclic) bond motifs is 14. The van der Waals surface area contributed by atoms with E-state index in [1.807, 2.05) is 0 Å². The molecule has 0 aliphatic heterocycles. The molecule has 4 heterocycles. The summed E-state index contributed by atoms with van der Waals surface area (Å²) in [6.45, 7) is 21.1. The van der Waals surface area contributed by atoms with E-state index in [2.05, 4.69) is 222 Å². The lowest BCUT2D eigenvalue weighted by Crippen LogP contribution is -2.11. The number of rotatable bonds is 3. The lowest BCUT2D eigenvalue weighted by molar-refractivity contribution is 0.590. The van der Waals surface area contributed by atoms with E-state index in [1.165, 1.54) is 109 Å². The predicted molar refractivity (Wildman–Crippen MR) is 264 cm³/mol. The highest BCUT2D eigenvalue weighted by atomic mass is 15.2. The number of aromatic nitrogens is 2. The number of hydrogen-bond donors (Lipinski definition) is 0. The Hall–Kier alpha value is -6.58. The van der Waals surface area contributed by atoms with Crippen molar-refractivity contribution in [3.8, 4) is 0 Å². The van der Waals surface area contributed by atoms with Crippen LogP contribution in [-0.4, -0.2) is 8.80 Å². The molecule has 0 amide bonds. The Bertz CT molecular complexity index is 3690. The molecule has 12 rings (SSSR count). The van der Waals surface area contributed by atoms with Gasteiger partial charge in [0.25, 0.3) is 0 Å². The molecule has 0 unspecified atom stereocenters.